The molecule has 1 aromatic rings. The molecule has 2 aliphatic rings. The molecule has 0 aromatic heterocycles. The Hall–Kier alpha value is -0.830. The van der Waals surface area contributed by atoms with E-state index < -0.39 is 5.00 Å². The number of likely N-dealkylation sites (tertiary alicyclic amines) is 2. The molecule has 0 bridgehead atoms. The third kappa shape index (κ3) is 4.18. The van der Waals surface area contributed by atoms with Crippen LogP contribution in [0, 0.1) is 0 Å². The van der Waals surface area contributed by atoms with Crippen molar-refractivity contribution in [3.05, 3.63) is 47.0 Å². The molecule has 0 saturated carbocycles. The predicted octanol–water partition coefficient (Wildman–Crippen LogP) is 5.99. The summed E-state index contributed by atoms with van der Waals surface area (Å²) in [5, 5.41) is 0. The summed E-state index contributed by atoms with van der Waals surface area (Å²) in [5.41, 5.74) is 4.27. The van der Waals surface area contributed by atoms with Gasteiger partial charge >= 0.3 is 0 Å². The molecule has 26 heavy (non-hydrogen) atoms. The number of rotatable bonds is 6. The van der Waals surface area contributed by atoms with E-state index in [1.165, 1.54) is 61.9 Å². The Morgan fingerprint density at radius 3 is 2.15 bits per heavy atom. The second-order valence-corrected chi connectivity index (χ2v) is 8.84. The first-order valence-corrected chi connectivity index (χ1v) is 10.9. The van der Waals surface area contributed by atoms with Crippen LogP contribution in [-0.2, 0) is 0 Å². The summed E-state index contributed by atoms with van der Waals surface area (Å²) in [6.45, 7) is 11.4. The largest absolute Gasteiger partial charge is 0.293 e. The van der Waals surface area contributed by atoms with Gasteiger partial charge in [-0.05, 0) is 70.2 Å². The maximum atomic E-state index is 7.42. The van der Waals surface area contributed by atoms with Gasteiger partial charge in [-0.15, -0.1) is 0 Å². The third-order valence-corrected chi connectivity index (χ3v) is 6.77. The van der Waals surface area contributed by atoms with E-state index in [0.717, 1.165) is 19.5 Å². The molecule has 3 heteroatoms. The predicted molar refractivity (Wildman–Crippen MR) is 113 cm³/mol. The summed E-state index contributed by atoms with van der Waals surface area (Å²) in [5.74, 6) is 0. The lowest BCUT2D eigenvalue weighted by molar-refractivity contribution is 0.145. The van der Waals surface area contributed by atoms with Crippen LogP contribution in [0.3, 0.4) is 0 Å². The molecule has 1 aromatic carbocycles. The molecular formula is C23H35ClN2. The summed E-state index contributed by atoms with van der Waals surface area (Å²) < 4.78 is 0. The molecule has 0 radical (unpaired) electrons. The fourth-order valence-corrected chi connectivity index (χ4v) is 5.18. The molecular weight excluding hydrogens is 340 g/mol. The molecule has 2 unspecified atom stereocenters. The molecule has 144 valence electrons. The number of piperidine rings is 1. The average molecular weight is 375 g/mol. The highest BCUT2D eigenvalue weighted by Gasteiger charge is 2.41. The van der Waals surface area contributed by atoms with Crippen LogP contribution in [0.15, 0.2) is 41.5 Å². The monoisotopic (exact) mass is 374 g/mol. The molecule has 0 aliphatic carbocycles. The number of halogens is 1. The maximum absolute atomic E-state index is 7.42. The zero-order valence-corrected chi connectivity index (χ0v) is 17.6. The van der Waals surface area contributed by atoms with Crippen LogP contribution in [-0.4, -0.2) is 41.0 Å². The second-order valence-electron chi connectivity index (χ2n) is 8.10. The highest BCUT2D eigenvalue weighted by Crippen LogP contribution is 2.44. The first kappa shape index (κ1) is 19.9. The van der Waals surface area contributed by atoms with Crippen molar-refractivity contribution < 1.29 is 0 Å². The maximum Gasteiger partial charge on any atom is 0.117 e. The highest BCUT2D eigenvalue weighted by atomic mass is 35.5. The summed E-state index contributed by atoms with van der Waals surface area (Å²) in [4.78, 5) is 4.77. The molecule has 2 saturated heterocycles. The summed E-state index contributed by atoms with van der Waals surface area (Å²) in [7, 11) is 0. The van der Waals surface area contributed by atoms with Crippen LogP contribution in [0.5, 0.6) is 0 Å². The van der Waals surface area contributed by atoms with Crippen LogP contribution in [0.1, 0.15) is 70.9 Å². The minimum Gasteiger partial charge on any atom is -0.293 e. The molecule has 2 heterocycles. The van der Waals surface area contributed by atoms with E-state index in [1.54, 1.807) is 0 Å². The lowest BCUT2D eigenvalue weighted by Gasteiger charge is -2.46. The number of hydrogen-bond acceptors (Lipinski definition) is 2. The van der Waals surface area contributed by atoms with Crippen molar-refractivity contribution in [3.63, 3.8) is 0 Å². The number of allylic oxidation sites excluding steroid dienone is 1. The first-order chi connectivity index (χ1) is 12.6. The molecule has 2 atom stereocenters. The van der Waals surface area contributed by atoms with Crippen molar-refractivity contribution in [2.75, 3.05) is 26.2 Å². The number of hydrogen-bond donors (Lipinski definition) is 0. The lowest BCUT2D eigenvalue weighted by atomic mass is 9.86. The van der Waals surface area contributed by atoms with Gasteiger partial charge in [0.25, 0.3) is 0 Å². The second kappa shape index (κ2) is 8.91. The Balaban J connectivity index is 2.06. The molecule has 0 spiro atoms. The number of nitrogens with zero attached hydrogens (tertiary/aromatic N) is 2. The normalized spacial score (nSPS) is 24.2. The van der Waals surface area contributed by atoms with Crippen molar-refractivity contribution in [2.24, 2.45) is 0 Å². The Morgan fingerprint density at radius 2 is 1.58 bits per heavy atom. The number of benzene rings is 1. The van der Waals surface area contributed by atoms with Crippen LogP contribution >= 0.6 is 11.6 Å². The Labute approximate surface area is 165 Å². The smallest absolute Gasteiger partial charge is 0.117 e. The summed E-state index contributed by atoms with van der Waals surface area (Å²) in [6.07, 6.45) is 7.52. The molecule has 2 aliphatic heterocycles. The van der Waals surface area contributed by atoms with E-state index in [-0.39, 0.29) is 0 Å². The zero-order valence-electron chi connectivity index (χ0n) is 16.8. The van der Waals surface area contributed by atoms with Gasteiger partial charge in [0.05, 0.1) is 6.04 Å². The molecule has 2 fully saturated rings. The Bertz CT molecular complexity index is 596. The van der Waals surface area contributed by atoms with Gasteiger partial charge in [0.2, 0.25) is 0 Å². The fourth-order valence-electron chi connectivity index (χ4n) is 4.74. The SMILES string of the molecule is CCC(C)=C(C(c1ccccc1)N1CCCC1)C(C)(Cl)N1CCCCC1. The average Bonchev–Trinajstić information content (AvgIpc) is 3.21. The lowest BCUT2D eigenvalue weighted by Crippen LogP contribution is -2.49. The van der Waals surface area contributed by atoms with E-state index >= 15 is 0 Å². The Morgan fingerprint density at radius 1 is 1.00 bits per heavy atom. The van der Waals surface area contributed by atoms with Gasteiger partial charge in [-0.2, -0.15) is 0 Å². The minimum atomic E-state index is -0.413. The standard InChI is InChI=1S/C23H35ClN2/c1-4-19(2)21(23(3,24)26-17-9-6-10-18-26)22(25-15-11-12-16-25)20-13-7-5-8-14-20/h5,7-8,13-14,22H,4,6,9-12,15-18H2,1-3H3. The highest BCUT2D eigenvalue weighted by molar-refractivity contribution is 6.25. The van der Waals surface area contributed by atoms with Crippen LogP contribution in [0.25, 0.3) is 0 Å². The van der Waals surface area contributed by atoms with Gasteiger partial charge in [0.1, 0.15) is 5.00 Å². The third-order valence-electron chi connectivity index (χ3n) is 6.33. The molecule has 2 nitrogen and oxygen atoms in total. The van der Waals surface area contributed by atoms with Crippen molar-refractivity contribution in [2.45, 2.75) is 70.3 Å². The van der Waals surface area contributed by atoms with E-state index in [2.05, 4.69) is 60.9 Å². The van der Waals surface area contributed by atoms with Crippen LogP contribution in [0.4, 0.5) is 0 Å². The Kier molecular flexibility index (Phi) is 6.82. The topological polar surface area (TPSA) is 6.48 Å². The van der Waals surface area contributed by atoms with Gasteiger partial charge in [-0.1, -0.05) is 60.9 Å². The zero-order chi connectivity index (χ0) is 18.6. The number of alkyl halides is 1. The quantitative estimate of drug-likeness (QED) is 0.342. The summed E-state index contributed by atoms with van der Waals surface area (Å²) in [6, 6.07) is 11.3. The fraction of sp³-hybridized carbons (Fsp3) is 0.652. The van der Waals surface area contributed by atoms with E-state index in [4.69, 9.17) is 11.6 Å². The molecule has 0 amide bonds. The van der Waals surface area contributed by atoms with Gasteiger partial charge in [0, 0.05) is 13.1 Å². The first-order valence-electron chi connectivity index (χ1n) is 10.5. The van der Waals surface area contributed by atoms with E-state index in [9.17, 15) is 0 Å². The van der Waals surface area contributed by atoms with Crippen molar-refractivity contribution >= 4 is 11.6 Å². The van der Waals surface area contributed by atoms with Gasteiger partial charge in [0.15, 0.2) is 0 Å². The van der Waals surface area contributed by atoms with Crippen LogP contribution in [0.2, 0.25) is 0 Å². The minimum absolute atomic E-state index is 0.295. The van der Waals surface area contributed by atoms with Crippen molar-refractivity contribution in [3.8, 4) is 0 Å². The van der Waals surface area contributed by atoms with Crippen molar-refractivity contribution in [1.29, 1.82) is 0 Å². The van der Waals surface area contributed by atoms with Gasteiger partial charge < -0.3 is 0 Å². The molecule has 0 N–H and O–H groups in total. The van der Waals surface area contributed by atoms with Gasteiger partial charge in [-0.25, -0.2) is 0 Å². The van der Waals surface area contributed by atoms with Gasteiger partial charge in [-0.3, -0.25) is 9.80 Å². The van der Waals surface area contributed by atoms with E-state index in [0.29, 0.717) is 6.04 Å². The molecule has 3 rings (SSSR count). The summed E-state index contributed by atoms with van der Waals surface area (Å²) >= 11 is 7.42. The van der Waals surface area contributed by atoms with E-state index in [1.807, 2.05) is 0 Å². The van der Waals surface area contributed by atoms with Crippen molar-refractivity contribution in [1.82, 2.24) is 9.80 Å². The van der Waals surface area contributed by atoms with Crippen LogP contribution < -0.4 is 0 Å².